The van der Waals surface area contributed by atoms with E-state index in [0.29, 0.717) is 24.2 Å². The van der Waals surface area contributed by atoms with E-state index >= 15 is 0 Å². The van der Waals surface area contributed by atoms with Crippen molar-refractivity contribution in [1.82, 2.24) is 15.6 Å². The van der Waals surface area contributed by atoms with Crippen molar-refractivity contribution in [3.05, 3.63) is 64.9 Å². The minimum atomic E-state index is -0.987. The maximum absolute atomic E-state index is 10.6. The summed E-state index contributed by atoms with van der Waals surface area (Å²) >= 11 is 5.78. The number of hydrogen-bond acceptors (Lipinski definition) is 3. The third kappa shape index (κ3) is 5.51. The zero-order chi connectivity index (χ0) is 17.4. The molecule has 0 spiro atoms. The molecule has 1 unspecified atom stereocenters. The van der Waals surface area contributed by atoms with Crippen LogP contribution in [0.15, 0.2) is 53.7 Å². The van der Waals surface area contributed by atoms with Crippen LogP contribution in [-0.2, 0) is 12.1 Å². The predicted octanol–water partition coefficient (Wildman–Crippen LogP) is 2.70. The molecule has 128 valence electrons. The number of aliphatic imine (C=N–C) groups is 1. The van der Waals surface area contributed by atoms with Gasteiger partial charge in [-0.2, -0.15) is 0 Å². The van der Waals surface area contributed by atoms with Gasteiger partial charge in [0.25, 0.3) is 0 Å². The number of guanidine groups is 1. The average Bonchev–Trinajstić information content (AvgIpc) is 2.59. The molecule has 0 bridgehead atoms. The van der Waals surface area contributed by atoms with Gasteiger partial charge in [0.2, 0.25) is 0 Å². The minimum absolute atomic E-state index is 0.349. The maximum atomic E-state index is 10.6. The molecule has 2 rings (SSSR count). The summed E-state index contributed by atoms with van der Waals surface area (Å²) in [7, 11) is 0. The van der Waals surface area contributed by atoms with E-state index in [2.05, 4.69) is 20.6 Å². The molecule has 1 aromatic carbocycles. The molecule has 0 saturated heterocycles. The van der Waals surface area contributed by atoms with Gasteiger partial charge in [0.1, 0.15) is 10.8 Å². The van der Waals surface area contributed by atoms with Gasteiger partial charge < -0.3 is 15.7 Å². The van der Waals surface area contributed by atoms with Crippen molar-refractivity contribution in [3.8, 4) is 0 Å². The zero-order valence-corrected chi connectivity index (χ0v) is 14.7. The van der Waals surface area contributed by atoms with Gasteiger partial charge >= 0.3 is 0 Å². The highest BCUT2D eigenvalue weighted by Gasteiger charge is 2.22. The Morgan fingerprint density at radius 1 is 1.21 bits per heavy atom. The zero-order valence-electron chi connectivity index (χ0n) is 14.0. The molecule has 0 aliphatic heterocycles. The second-order valence-electron chi connectivity index (χ2n) is 5.68. The molecular formula is C18H23ClN4O. The van der Waals surface area contributed by atoms with Crippen LogP contribution in [0.2, 0.25) is 5.15 Å². The standard InChI is InChI=1S/C18H23ClN4O/c1-3-20-17(22-12-14-9-10-16(19)21-11-14)23-13-18(2,24)15-7-5-4-6-8-15/h4-11,24H,3,12-13H2,1-2H3,(H2,20,22,23). The Morgan fingerprint density at radius 2 is 1.96 bits per heavy atom. The van der Waals surface area contributed by atoms with Crippen molar-refractivity contribution >= 4 is 17.6 Å². The molecule has 0 aliphatic rings. The van der Waals surface area contributed by atoms with Crippen molar-refractivity contribution in [3.63, 3.8) is 0 Å². The van der Waals surface area contributed by atoms with Gasteiger partial charge in [-0.3, -0.25) is 0 Å². The van der Waals surface area contributed by atoms with Gasteiger partial charge in [0, 0.05) is 12.7 Å². The highest BCUT2D eigenvalue weighted by molar-refractivity contribution is 6.29. The molecular weight excluding hydrogens is 324 g/mol. The molecule has 5 nitrogen and oxygen atoms in total. The van der Waals surface area contributed by atoms with E-state index in [1.807, 2.05) is 43.3 Å². The van der Waals surface area contributed by atoms with Crippen molar-refractivity contribution < 1.29 is 5.11 Å². The van der Waals surface area contributed by atoms with E-state index in [1.165, 1.54) is 0 Å². The van der Waals surface area contributed by atoms with Crippen LogP contribution in [0.4, 0.5) is 0 Å². The lowest BCUT2D eigenvalue weighted by Crippen LogP contribution is -2.44. The topological polar surface area (TPSA) is 69.5 Å². The average molecular weight is 347 g/mol. The predicted molar refractivity (Wildman–Crippen MR) is 98.1 cm³/mol. The first kappa shape index (κ1) is 18.2. The quantitative estimate of drug-likeness (QED) is 0.427. The molecule has 24 heavy (non-hydrogen) atoms. The Hall–Kier alpha value is -2.11. The number of aromatic nitrogens is 1. The fourth-order valence-corrected chi connectivity index (χ4v) is 2.28. The number of nitrogens with one attached hydrogen (secondary N) is 2. The normalized spacial score (nSPS) is 14.1. The van der Waals surface area contributed by atoms with E-state index in [-0.39, 0.29) is 0 Å². The van der Waals surface area contributed by atoms with Crippen LogP contribution in [0.25, 0.3) is 0 Å². The number of pyridine rings is 1. The summed E-state index contributed by atoms with van der Waals surface area (Å²) < 4.78 is 0. The molecule has 1 atom stereocenters. The summed E-state index contributed by atoms with van der Waals surface area (Å²) in [6.07, 6.45) is 1.70. The van der Waals surface area contributed by atoms with Crippen LogP contribution < -0.4 is 10.6 Å². The van der Waals surface area contributed by atoms with E-state index < -0.39 is 5.60 Å². The molecule has 3 N–H and O–H groups in total. The molecule has 2 aromatic rings. The number of nitrogens with zero attached hydrogens (tertiary/aromatic N) is 2. The van der Waals surface area contributed by atoms with Crippen molar-refractivity contribution in [1.29, 1.82) is 0 Å². The molecule has 0 radical (unpaired) electrons. The summed E-state index contributed by atoms with van der Waals surface area (Å²) in [4.78, 5) is 8.55. The molecule has 0 saturated carbocycles. The molecule has 1 heterocycles. The molecule has 0 amide bonds. The van der Waals surface area contributed by atoms with Crippen LogP contribution in [0, 0.1) is 0 Å². The fourth-order valence-electron chi connectivity index (χ4n) is 2.17. The van der Waals surface area contributed by atoms with E-state index in [1.54, 1.807) is 19.2 Å². The van der Waals surface area contributed by atoms with Crippen molar-refractivity contribution in [2.75, 3.05) is 13.1 Å². The lowest BCUT2D eigenvalue weighted by molar-refractivity contribution is 0.0617. The highest BCUT2D eigenvalue weighted by Crippen LogP contribution is 2.18. The maximum Gasteiger partial charge on any atom is 0.191 e. The number of benzene rings is 1. The van der Waals surface area contributed by atoms with Gasteiger partial charge in [-0.1, -0.05) is 48.0 Å². The van der Waals surface area contributed by atoms with Gasteiger partial charge in [0.05, 0.1) is 13.1 Å². The Labute approximate surface area is 147 Å². The smallest absolute Gasteiger partial charge is 0.191 e. The van der Waals surface area contributed by atoms with E-state index in [4.69, 9.17) is 11.6 Å². The Kier molecular flexibility index (Phi) is 6.58. The number of aliphatic hydroxyl groups is 1. The third-order valence-corrected chi connectivity index (χ3v) is 3.77. The van der Waals surface area contributed by atoms with Crippen LogP contribution >= 0.6 is 11.6 Å². The monoisotopic (exact) mass is 346 g/mol. The van der Waals surface area contributed by atoms with E-state index in [0.717, 1.165) is 17.7 Å². The molecule has 0 fully saturated rings. The number of halogens is 1. The van der Waals surface area contributed by atoms with E-state index in [9.17, 15) is 5.11 Å². The number of hydrogen-bond donors (Lipinski definition) is 3. The molecule has 0 aliphatic carbocycles. The largest absolute Gasteiger partial charge is 0.384 e. The first-order valence-electron chi connectivity index (χ1n) is 7.92. The van der Waals surface area contributed by atoms with Crippen LogP contribution in [0.3, 0.4) is 0 Å². The minimum Gasteiger partial charge on any atom is -0.384 e. The van der Waals surface area contributed by atoms with Gasteiger partial charge in [-0.05, 0) is 31.0 Å². The summed E-state index contributed by atoms with van der Waals surface area (Å²) in [5, 5.41) is 17.5. The first-order valence-corrected chi connectivity index (χ1v) is 8.29. The van der Waals surface area contributed by atoms with Crippen molar-refractivity contribution in [2.24, 2.45) is 4.99 Å². The Bertz CT molecular complexity index is 656. The van der Waals surface area contributed by atoms with Gasteiger partial charge in [-0.15, -0.1) is 0 Å². The van der Waals surface area contributed by atoms with Crippen molar-refractivity contribution in [2.45, 2.75) is 26.0 Å². The first-order chi connectivity index (χ1) is 11.5. The lowest BCUT2D eigenvalue weighted by Gasteiger charge is -2.25. The van der Waals surface area contributed by atoms with Gasteiger partial charge in [-0.25, -0.2) is 9.98 Å². The summed E-state index contributed by atoms with van der Waals surface area (Å²) in [6, 6.07) is 13.2. The summed E-state index contributed by atoms with van der Waals surface area (Å²) in [5.74, 6) is 0.642. The van der Waals surface area contributed by atoms with Gasteiger partial charge in [0.15, 0.2) is 5.96 Å². The van der Waals surface area contributed by atoms with Crippen LogP contribution in [0.1, 0.15) is 25.0 Å². The van der Waals surface area contributed by atoms with Crippen LogP contribution in [-0.4, -0.2) is 29.1 Å². The lowest BCUT2D eigenvalue weighted by atomic mass is 9.96. The highest BCUT2D eigenvalue weighted by atomic mass is 35.5. The molecule has 6 heteroatoms. The second kappa shape index (κ2) is 8.66. The third-order valence-electron chi connectivity index (χ3n) is 3.55. The second-order valence-corrected chi connectivity index (χ2v) is 6.07. The number of rotatable bonds is 6. The molecule has 1 aromatic heterocycles. The summed E-state index contributed by atoms with van der Waals surface area (Å²) in [6.45, 7) is 5.34. The summed E-state index contributed by atoms with van der Waals surface area (Å²) in [5.41, 5.74) is 0.834. The van der Waals surface area contributed by atoms with Crippen LogP contribution in [0.5, 0.6) is 0 Å². The Morgan fingerprint density at radius 3 is 2.58 bits per heavy atom. The SMILES string of the molecule is CCNC(=NCc1ccc(Cl)nc1)NCC(C)(O)c1ccccc1. The Balaban J connectivity index is 2.00. The fraction of sp³-hybridized carbons (Fsp3) is 0.333.